The van der Waals surface area contributed by atoms with E-state index in [-0.39, 0.29) is 0 Å². The first-order chi connectivity index (χ1) is 5.79. The molecular formula is C10H21NO. The summed E-state index contributed by atoms with van der Waals surface area (Å²) in [5.41, 5.74) is 0. The van der Waals surface area contributed by atoms with Crippen LogP contribution in [0.1, 0.15) is 46.5 Å². The highest BCUT2D eigenvalue weighted by molar-refractivity contribution is 5.47. The van der Waals surface area contributed by atoms with Crippen molar-refractivity contribution in [2.45, 2.75) is 52.5 Å². The van der Waals surface area contributed by atoms with Crippen molar-refractivity contribution in [2.24, 2.45) is 0 Å². The molecule has 0 spiro atoms. The molecule has 0 N–H and O–H groups in total. The third kappa shape index (κ3) is 3.74. The van der Waals surface area contributed by atoms with E-state index in [1.54, 1.807) is 0 Å². The smallest absolute Gasteiger partial charge is 0.209 e. The topological polar surface area (TPSA) is 20.3 Å². The van der Waals surface area contributed by atoms with Gasteiger partial charge in [0.2, 0.25) is 6.41 Å². The Kier molecular flexibility index (Phi) is 6.82. The molecule has 72 valence electrons. The molecule has 2 nitrogen and oxygen atoms in total. The summed E-state index contributed by atoms with van der Waals surface area (Å²) >= 11 is 0. The number of rotatable bonds is 7. The molecule has 1 amide bonds. The van der Waals surface area contributed by atoms with Gasteiger partial charge in [-0.25, -0.2) is 0 Å². The van der Waals surface area contributed by atoms with Crippen molar-refractivity contribution in [3.63, 3.8) is 0 Å². The van der Waals surface area contributed by atoms with Crippen LogP contribution in [0.25, 0.3) is 0 Å². The lowest BCUT2D eigenvalue weighted by molar-refractivity contribution is -0.120. The van der Waals surface area contributed by atoms with E-state index in [1.165, 1.54) is 0 Å². The first kappa shape index (κ1) is 11.5. The maximum Gasteiger partial charge on any atom is 0.209 e. The Morgan fingerprint density at radius 2 is 1.83 bits per heavy atom. The fourth-order valence-electron chi connectivity index (χ4n) is 1.42. The Labute approximate surface area is 75.9 Å². The van der Waals surface area contributed by atoms with Gasteiger partial charge in [-0.1, -0.05) is 27.2 Å². The molecule has 0 rings (SSSR count). The maximum absolute atomic E-state index is 10.7. The second-order valence-electron chi connectivity index (χ2n) is 3.17. The van der Waals surface area contributed by atoms with E-state index in [9.17, 15) is 4.79 Å². The number of hydrogen-bond donors (Lipinski definition) is 0. The van der Waals surface area contributed by atoms with E-state index < -0.39 is 0 Å². The molecule has 0 aliphatic heterocycles. The van der Waals surface area contributed by atoms with Gasteiger partial charge in [-0.3, -0.25) is 4.79 Å². The van der Waals surface area contributed by atoms with Crippen LogP contribution in [0.2, 0.25) is 0 Å². The molecule has 0 bridgehead atoms. The van der Waals surface area contributed by atoms with Crippen molar-refractivity contribution in [3.05, 3.63) is 0 Å². The minimum absolute atomic E-state index is 0.453. The molecule has 0 unspecified atom stereocenters. The van der Waals surface area contributed by atoms with Crippen LogP contribution < -0.4 is 0 Å². The Balaban J connectivity index is 3.84. The second-order valence-corrected chi connectivity index (χ2v) is 3.17. The van der Waals surface area contributed by atoms with Crippen LogP contribution in [0.4, 0.5) is 0 Å². The van der Waals surface area contributed by atoms with Crippen molar-refractivity contribution in [3.8, 4) is 0 Å². The molecular weight excluding hydrogens is 150 g/mol. The quantitative estimate of drug-likeness (QED) is 0.539. The van der Waals surface area contributed by atoms with E-state index in [1.807, 2.05) is 4.90 Å². The monoisotopic (exact) mass is 171 g/mol. The Bertz CT molecular complexity index is 110. The summed E-state index contributed by atoms with van der Waals surface area (Å²) in [5, 5.41) is 0. The van der Waals surface area contributed by atoms with Crippen LogP contribution in [0.3, 0.4) is 0 Å². The minimum atomic E-state index is 0.453. The summed E-state index contributed by atoms with van der Waals surface area (Å²) in [4.78, 5) is 12.6. The van der Waals surface area contributed by atoms with Gasteiger partial charge in [-0.05, 0) is 19.3 Å². The zero-order valence-electron chi connectivity index (χ0n) is 8.55. The van der Waals surface area contributed by atoms with Crippen LogP contribution in [0.15, 0.2) is 0 Å². The fourth-order valence-corrected chi connectivity index (χ4v) is 1.42. The predicted octanol–water partition coefficient (Wildman–Crippen LogP) is 2.43. The zero-order chi connectivity index (χ0) is 9.40. The number of nitrogens with zero attached hydrogens (tertiary/aromatic N) is 1. The highest BCUT2D eigenvalue weighted by Crippen LogP contribution is 2.07. The number of unbranched alkanes of at least 4 members (excludes halogenated alkanes) is 1. The molecule has 0 aliphatic carbocycles. The van der Waals surface area contributed by atoms with Crippen LogP contribution in [-0.2, 0) is 4.79 Å². The molecule has 0 aromatic rings. The Morgan fingerprint density at radius 3 is 2.17 bits per heavy atom. The van der Waals surface area contributed by atoms with Gasteiger partial charge in [-0.2, -0.15) is 0 Å². The molecule has 0 aromatic carbocycles. The number of amides is 1. The molecule has 0 radical (unpaired) electrons. The third-order valence-corrected chi connectivity index (χ3v) is 2.32. The summed E-state index contributed by atoms with van der Waals surface area (Å²) in [7, 11) is 0. The maximum atomic E-state index is 10.7. The van der Waals surface area contributed by atoms with E-state index in [4.69, 9.17) is 0 Å². The molecule has 0 atom stereocenters. The molecule has 0 aromatic heterocycles. The molecule has 0 fully saturated rings. The number of carbonyl (C=O) groups is 1. The van der Waals surface area contributed by atoms with Gasteiger partial charge in [0.25, 0.3) is 0 Å². The van der Waals surface area contributed by atoms with Crippen LogP contribution in [-0.4, -0.2) is 23.9 Å². The lowest BCUT2D eigenvalue weighted by Gasteiger charge is -2.26. The predicted molar refractivity (Wildman–Crippen MR) is 52.0 cm³/mol. The molecule has 0 heterocycles. The molecule has 12 heavy (non-hydrogen) atoms. The largest absolute Gasteiger partial charge is 0.342 e. The summed E-state index contributed by atoms with van der Waals surface area (Å²) in [5.74, 6) is 0. The molecule has 2 heteroatoms. The van der Waals surface area contributed by atoms with Gasteiger partial charge >= 0.3 is 0 Å². The van der Waals surface area contributed by atoms with Crippen molar-refractivity contribution < 1.29 is 4.79 Å². The van der Waals surface area contributed by atoms with Crippen LogP contribution >= 0.6 is 0 Å². The van der Waals surface area contributed by atoms with Gasteiger partial charge < -0.3 is 4.90 Å². The van der Waals surface area contributed by atoms with Gasteiger partial charge in [0, 0.05) is 12.6 Å². The summed E-state index contributed by atoms with van der Waals surface area (Å²) < 4.78 is 0. The molecule has 0 aliphatic rings. The lowest BCUT2D eigenvalue weighted by Crippen LogP contribution is -2.33. The van der Waals surface area contributed by atoms with Crippen LogP contribution in [0.5, 0.6) is 0 Å². The molecule has 0 saturated heterocycles. The van der Waals surface area contributed by atoms with Crippen molar-refractivity contribution >= 4 is 6.41 Å². The van der Waals surface area contributed by atoms with Gasteiger partial charge in [0.05, 0.1) is 0 Å². The highest BCUT2D eigenvalue weighted by atomic mass is 16.1. The average molecular weight is 171 g/mol. The Hall–Kier alpha value is -0.530. The van der Waals surface area contributed by atoms with Crippen molar-refractivity contribution in [1.82, 2.24) is 4.90 Å². The normalized spacial score (nSPS) is 10.3. The highest BCUT2D eigenvalue weighted by Gasteiger charge is 2.10. The first-order valence-corrected chi connectivity index (χ1v) is 5.01. The van der Waals surface area contributed by atoms with Gasteiger partial charge in [0.15, 0.2) is 0 Å². The molecule has 0 saturated carbocycles. The SMILES string of the molecule is CCCCN(C=O)C(CC)CC. The van der Waals surface area contributed by atoms with Crippen molar-refractivity contribution in [1.29, 1.82) is 0 Å². The summed E-state index contributed by atoms with van der Waals surface area (Å²) in [6.45, 7) is 7.34. The number of hydrogen-bond acceptors (Lipinski definition) is 1. The van der Waals surface area contributed by atoms with Crippen LogP contribution in [0, 0.1) is 0 Å². The lowest BCUT2D eigenvalue weighted by atomic mass is 10.1. The first-order valence-electron chi connectivity index (χ1n) is 5.01. The van der Waals surface area contributed by atoms with Gasteiger partial charge in [-0.15, -0.1) is 0 Å². The Morgan fingerprint density at radius 1 is 1.25 bits per heavy atom. The fraction of sp³-hybridized carbons (Fsp3) is 0.900. The van der Waals surface area contributed by atoms with Gasteiger partial charge in [0.1, 0.15) is 0 Å². The second kappa shape index (κ2) is 7.14. The minimum Gasteiger partial charge on any atom is -0.342 e. The number of carbonyl (C=O) groups excluding carboxylic acids is 1. The third-order valence-electron chi connectivity index (χ3n) is 2.32. The summed E-state index contributed by atoms with van der Waals surface area (Å²) in [6.07, 6.45) is 5.41. The average Bonchev–Trinajstić information content (AvgIpc) is 2.12. The van der Waals surface area contributed by atoms with E-state index in [0.29, 0.717) is 6.04 Å². The van der Waals surface area contributed by atoms with E-state index in [0.717, 1.165) is 38.6 Å². The van der Waals surface area contributed by atoms with Crippen molar-refractivity contribution in [2.75, 3.05) is 6.54 Å². The van der Waals surface area contributed by atoms with E-state index >= 15 is 0 Å². The zero-order valence-corrected chi connectivity index (χ0v) is 8.55. The standard InChI is InChI=1S/C10H21NO/c1-4-7-8-11(9-12)10(5-2)6-3/h9-10H,4-8H2,1-3H3. The summed E-state index contributed by atoms with van der Waals surface area (Å²) in [6, 6.07) is 0.453. The van der Waals surface area contributed by atoms with E-state index in [2.05, 4.69) is 20.8 Å².